The summed E-state index contributed by atoms with van der Waals surface area (Å²) in [6, 6.07) is 38.8. The largest absolute Gasteiger partial charge is 0.504 e. The van der Waals surface area contributed by atoms with E-state index < -0.39 is 105 Å². The van der Waals surface area contributed by atoms with Crippen LogP contribution in [0, 0.1) is 0 Å². The molecule has 2 aliphatic heterocycles. The van der Waals surface area contributed by atoms with Crippen LogP contribution in [0.5, 0.6) is 34.5 Å². The molecule has 0 bridgehead atoms. The topological polar surface area (TPSA) is 180 Å². The predicted octanol–water partition coefficient (Wildman–Crippen LogP) is 8.68. The summed E-state index contributed by atoms with van der Waals surface area (Å²) >= 11 is 1.43. The van der Waals surface area contributed by atoms with Gasteiger partial charge >= 0.3 is 11.9 Å². The molecule has 2 aliphatic rings. The number of fused-ring (bicyclic) bond motifs is 4. The van der Waals surface area contributed by atoms with E-state index in [-0.39, 0.29) is 26.4 Å². The first kappa shape index (κ1) is 43.9. The van der Waals surface area contributed by atoms with Crippen molar-refractivity contribution in [1.82, 2.24) is 0 Å². The molecule has 0 radical (unpaired) electrons. The van der Waals surface area contributed by atoms with Gasteiger partial charge in [-0.2, -0.15) is 0 Å². The number of carbonyl (C=O) groups excluding carboxylic acids is 2. The Morgan fingerprint density at radius 2 is 1.00 bits per heavy atom. The Labute approximate surface area is 373 Å². The molecule has 8 rings (SSSR count). The van der Waals surface area contributed by atoms with Gasteiger partial charge in [-0.05, 0) is 40.1 Å². The van der Waals surface area contributed by atoms with E-state index in [1.807, 2.05) is 79.7 Å². The summed E-state index contributed by atoms with van der Waals surface area (Å²) in [4.78, 5) is 29.3. The molecule has 13 nitrogen and oxygen atoms in total. The van der Waals surface area contributed by atoms with Gasteiger partial charge in [0.15, 0.2) is 29.1 Å². The Bertz CT molecular complexity index is 2540. The lowest BCUT2D eigenvalue weighted by Gasteiger charge is -2.45. The number of esters is 2. The molecule has 5 atom stereocenters. The van der Waals surface area contributed by atoms with Gasteiger partial charge in [0.25, 0.3) is 0 Å². The number of carbonyl (C=O) groups is 2. The van der Waals surface area contributed by atoms with E-state index in [9.17, 15) is 30.0 Å². The highest BCUT2D eigenvalue weighted by atomic mass is 32.2. The number of benzene rings is 6. The van der Waals surface area contributed by atoms with Crippen LogP contribution in [0.25, 0.3) is 11.1 Å². The second-order valence-corrected chi connectivity index (χ2v) is 16.4. The summed E-state index contributed by atoms with van der Waals surface area (Å²) < 4.78 is 44.0. The van der Waals surface area contributed by atoms with Gasteiger partial charge in [0.05, 0.1) is 24.3 Å². The van der Waals surface area contributed by atoms with E-state index in [0.29, 0.717) is 16.9 Å². The van der Waals surface area contributed by atoms with Crippen LogP contribution < -0.4 is 9.47 Å². The maximum Gasteiger partial charge on any atom is 0.339 e. The Balaban J connectivity index is 1.26. The van der Waals surface area contributed by atoms with Gasteiger partial charge in [0.1, 0.15) is 43.6 Å². The van der Waals surface area contributed by atoms with Gasteiger partial charge in [0, 0.05) is 11.1 Å². The minimum Gasteiger partial charge on any atom is -0.504 e. The molecule has 0 aromatic heterocycles. The number of phenolic OH excluding ortho intramolecular Hbond substituents is 4. The number of hydrogen-bond donors (Lipinski definition) is 4. The molecule has 0 aliphatic carbocycles. The zero-order chi connectivity index (χ0) is 44.6. The number of cyclic esters (lactones) is 1. The molecule has 6 aromatic carbocycles. The van der Waals surface area contributed by atoms with Gasteiger partial charge in [-0.1, -0.05) is 128 Å². The molecular weight excluding hydrogens is 841 g/mol. The summed E-state index contributed by atoms with van der Waals surface area (Å²) in [7, 11) is 0. The Hall–Kier alpha value is -6.71. The van der Waals surface area contributed by atoms with E-state index in [4.69, 9.17) is 33.2 Å². The molecule has 3 unspecified atom stereocenters. The monoisotopic (exact) mass is 886 g/mol. The molecule has 2 heterocycles. The fraction of sp³-hybridized carbons (Fsp3) is 0.240. The summed E-state index contributed by atoms with van der Waals surface area (Å²) in [5, 5.41) is 47.1. The SMILES string of the molecule is CCS[C@@H]1OC2COC(=O)c3cc(O)c(OCc4ccccc4)c(O)c3-c3c(cc(O)c(OCc4ccccc4)c3O)C(=O)O[C@H]2C(OCc2ccccc2)C1OCc1ccccc1. The quantitative estimate of drug-likeness (QED) is 0.0763. The van der Waals surface area contributed by atoms with Gasteiger partial charge in [-0.25, -0.2) is 9.59 Å². The van der Waals surface area contributed by atoms with Crippen LogP contribution in [0.15, 0.2) is 133 Å². The van der Waals surface area contributed by atoms with Crippen LogP contribution >= 0.6 is 11.8 Å². The third kappa shape index (κ3) is 9.75. The van der Waals surface area contributed by atoms with E-state index in [2.05, 4.69) is 0 Å². The molecule has 14 heteroatoms. The maximum atomic E-state index is 14.9. The summed E-state index contributed by atoms with van der Waals surface area (Å²) in [5.41, 5.74) is 0.466. The molecular formula is C50H46O13S. The van der Waals surface area contributed by atoms with Gasteiger partial charge in [-0.3, -0.25) is 0 Å². The van der Waals surface area contributed by atoms with Crippen LogP contribution in [0.2, 0.25) is 0 Å². The van der Waals surface area contributed by atoms with E-state index >= 15 is 0 Å². The Morgan fingerprint density at radius 1 is 0.578 bits per heavy atom. The average Bonchev–Trinajstić information content (AvgIpc) is 3.32. The Kier molecular flexibility index (Phi) is 13.9. The molecule has 4 N–H and O–H groups in total. The van der Waals surface area contributed by atoms with Crippen LogP contribution in [0.1, 0.15) is 49.9 Å². The molecule has 330 valence electrons. The van der Waals surface area contributed by atoms with Crippen molar-refractivity contribution in [3.63, 3.8) is 0 Å². The average molecular weight is 887 g/mol. The van der Waals surface area contributed by atoms with Crippen LogP contribution in [0.4, 0.5) is 0 Å². The third-order valence-corrected chi connectivity index (χ3v) is 11.8. The summed E-state index contributed by atoms with van der Waals surface area (Å²) in [6.07, 6.45) is -4.35. The lowest BCUT2D eigenvalue weighted by Crippen LogP contribution is -2.61. The van der Waals surface area contributed by atoms with Gasteiger partial charge < -0.3 is 53.6 Å². The van der Waals surface area contributed by atoms with E-state index in [1.165, 1.54) is 11.8 Å². The molecule has 0 amide bonds. The van der Waals surface area contributed by atoms with E-state index in [1.54, 1.807) is 48.5 Å². The van der Waals surface area contributed by atoms with Crippen molar-refractivity contribution in [3.8, 4) is 45.6 Å². The van der Waals surface area contributed by atoms with Gasteiger partial charge in [0.2, 0.25) is 11.5 Å². The fourth-order valence-corrected chi connectivity index (χ4v) is 8.59. The van der Waals surface area contributed by atoms with Crippen molar-refractivity contribution >= 4 is 23.7 Å². The highest BCUT2D eigenvalue weighted by molar-refractivity contribution is 7.99. The summed E-state index contributed by atoms with van der Waals surface area (Å²) in [6.45, 7) is 1.45. The molecule has 6 aromatic rings. The standard InChI is InChI=1S/C50H46O13S/c1-2-64-50-47(60-28-33-21-13-6-14-22-33)46(59-27-32-19-11-5-12-20-32)45-38(62-50)29-61-48(55)34-23-36(51)43(57-25-30-15-7-3-8-16-30)41(53)39(34)40-35(49(56)63-45)24-37(52)44(42(40)54)58-26-31-17-9-4-10-18-31/h3-24,38,45-47,50-54H,2,25-29H2,1H3/t38?,45-,46?,47?,50+/m1/s1. The minimum atomic E-state index is -1.32. The van der Waals surface area contributed by atoms with Crippen molar-refractivity contribution in [2.45, 2.75) is 63.2 Å². The molecule has 0 spiro atoms. The normalized spacial score (nSPS) is 19.5. The van der Waals surface area contributed by atoms with Gasteiger partial charge in [-0.15, -0.1) is 11.8 Å². The number of ether oxygens (including phenoxy) is 7. The predicted molar refractivity (Wildman–Crippen MR) is 236 cm³/mol. The first-order valence-corrected chi connectivity index (χ1v) is 21.7. The van der Waals surface area contributed by atoms with Crippen molar-refractivity contribution < 1.29 is 63.2 Å². The smallest absolute Gasteiger partial charge is 0.339 e. The minimum absolute atomic E-state index is 0.0748. The molecule has 0 saturated carbocycles. The Morgan fingerprint density at radius 3 is 1.45 bits per heavy atom. The first-order valence-electron chi connectivity index (χ1n) is 20.7. The van der Waals surface area contributed by atoms with E-state index in [0.717, 1.165) is 23.3 Å². The zero-order valence-corrected chi connectivity index (χ0v) is 35.5. The molecule has 1 saturated heterocycles. The first-order chi connectivity index (χ1) is 31.2. The second kappa shape index (κ2) is 20.2. The molecule has 64 heavy (non-hydrogen) atoms. The number of phenols is 4. The van der Waals surface area contributed by atoms with Crippen molar-refractivity contribution in [2.24, 2.45) is 0 Å². The number of thioether (sulfide) groups is 1. The van der Waals surface area contributed by atoms with Crippen molar-refractivity contribution in [1.29, 1.82) is 0 Å². The van der Waals surface area contributed by atoms with Crippen LogP contribution in [-0.2, 0) is 50.1 Å². The highest BCUT2D eigenvalue weighted by Gasteiger charge is 2.51. The second-order valence-electron chi connectivity index (χ2n) is 15.0. The third-order valence-electron chi connectivity index (χ3n) is 10.7. The van der Waals surface area contributed by atoms with Crippen LogP contribution in [0.3, 0.4) is 0 Å². The number of aromatic hydroxyl groups is 4. The lowest BCUT2D eigenvalue weighted by molar-refractivity contribution is -0.237. The maximum absolute atomic E-state index is 14.9. The number of hydrogen-bond acceptors (Lipinski definition) is 14. The van der Waals surface area contributed by atoms with Crippen molar-refractivity contribution in [2.75, 3.05) is 12.4 Å². The van der Waals surface area contributed by atoms with Crippen molar-refractivity contribution in [3.05, 3.63) is 167 Å². The highest BCUT2D eigenvalue weighted by Crippen LogP contribution is 2.54. The lowest BCUT2D eigenvalue weighted by atomic mass is 9.91. The molecule has 1 fully saturated rings. The number of rotatable bonds is 14. The fourth-order valence-electron chi connectivity index (χ4n) is 7.62. The zero-order valence-electron chi connectivity index (χ0n) is 34.7. The van der Waals surface area contributed by atoms with Crippen LogP contribution in [-0.4, -0.2) is 74.6 Å². The summed E-state index contributed by atoms with van der Waals surface area (Å²) in [5.74, 6) is -5.46.